The van der Waals surface area contributed by atoms with Crippen molar-refractivity contribution in [3.63, 3.8) is 0 Å². The van der Waals surface area contributed by atoms with Crippen LogP contribution in [0, 0.1) is 5.82 Å². The molecule has 21 heavy (non-hydrogen) atoms. The molecule has 0 atom stereocenters. The Labute approximate surface area is 122 Å². The predicted molar refractivity (Wildman–Crippen MR) is 78.1 cm³/mol. The summed E-state index contributed by atoms with van der Waals surface area (Å²) < 4.78 is 23.6. The molecule has 2 aromatic carbocycles. The summed E-state index contributed by atoms with van der Waals surface area (Å²) in [5, 5.41) is 2.72. The van der Waals surface area contributed by atoms with E-state index in [1.807, 2.05) is 0 Å². The minimum Gasteiger partial charge on any atom is -0.497 e. The van der Waals surface area contributed by atoms with Crippen LogP contribution in [-0.4, -0.2) is 19.6 Å². The van der Waals surface area contributed by atoms with Gasteiger partial charge in [0, 0.05) is 11.8 Å². The number of rotatable bonds is 6. The molecule has 4 nitrogen and oxygen atoms in total. The second kappa shape index (κ2) is 7.28. The highest BCUT2D eigenvalue weighted by molar-refractivity contribution is 5.90. The number of amides is 1. The number of nitrogens with one attached hydrogen (secondary N) is 1. The fourth-order valence-electron chi connectivity index (χ4n) is 1.74. The van der Waals surface area contributed by atoms with Gasteiger partial charge in [0.15, 0.2) is 11.6 Å². The molecule has 0 bridgehead atoms. The Morgan fingerprint density at radius 1 is 1.19 bits per heavy atom. The molecular formula is C16H16FNO3. The van der Waals surface area contributed by atoms with E-state index in [4.69, 9.17) is 9.47 Å². The molecular weight excluding hydrogens is 273 g/mol. The van der Waals surface area contributed by atoms with Gasteiger partial charge in [-0.15, -0.1) is 0 Å². The first-order chi connectivity index (χ1) is 10.2. The number of hydrogen-bond acceptors (Lipinski definition) is 3. The highest BCUT2D eigenvalue weighted by Gasteiger charge is 2.06. The largest absolute Gasteiger partial charge is 0.497 e. The van der Waals surface area contributed by atoms with Gasteiger partial charge in [-0.2, -0.15) is 0 Å². The van der Waals surface area contributed by atoms with E-state index in [1.54, 1.807) is 43.5 Å². The minimum absolute atomic E-state index is 0.108. The Kier molecular flexibility index (Phi) is 5.15. The van der Waals surface area contributed by atoms with Crippen LogP contribution in [0.4, 0.5) is 10.1 Å². The van der Waals surface area contributed by atoms with E-state index in [-0.39, 0.29) is 24.7 Å². The van der Waals surface area contributed by atoms with Gasteiger partial charge in [-0.1, -0.05) is 18.2 Å². The monoisotopic (exact) mass is 289 g/mol. The van der Waals surface area contributed by atoms with Crippen LogP contribution in [0.5, 0.6) is 11.5 Å². The third-order valence-corrected chi connectivity index (χ3v) is 2.78. The molecule has 2 rings (SSSR count). The lowest BCUT2D eigenvalue weighted by atomic mass is 10.3. The van der Waals surface area contributed by atoms with Crippen LogP contribution in [0.3, 0.4) is 0 Å². The van der Waals surface area contributed by atoms with E-state index in [9.17, 15) is 9.18 Å². The minimum atomic E-state index is -0.439. The number of methoxy groups -OCH3 is 1. The smallest absolute Gasteiger partial charge is 0.227 e. The Morgan fingerprint density at radius 3 is 2.76 bits per heavy atom. The Morgan fingerprint density at radius 2 is 2.00 bits per heavy atom. The van der Waals surface area contributed by atoms with Gasteiger partial charge in [0.1, 0.15) is 5.75 Å². The predicted octanol–water partition coefficient (Wildman–Crippen LogP) is 3.24. The summed E-state index contributed by atoms with van der Waals surface area (Å²) in [6.45, 7) is 0.108. The zero-order chi connectivity index (χ0) is 15.1. The highest BCUT2D eigenvalue weighted by atomic mass is 19.1. The maximum atomic E-state index is 13.3. The van der Waals surface area contributed by atoms with E-state index < -0.39 is 5.82 Å². The lowest BCUT2D eigenvalue weighted by Crippen LogP contribution is -2.15. The quantitative estimate of drug-likeness (QED) is 0.888. The van der Waals surface area contributed by atoms with Gasteiger partial charge < -0.3 is 14.8 Å². The second-order valence-electron chi connectivity index (χ2n) is 4.31. The van der Waals surface area contributed by atoms with Gasteiger partial charge in [0.05, 0.1) is 20.1 Å². The van der Waals surface area contributed by atoms with Gasteiger partial charge in [-0.05, 0) is 24.3 Å². The summed E-state index contributed by atoms with van der Waals surface area (Å²) in [6.07, 6.45) is 0.131. The lowest BCUT2D eigenvalue weighted by molar-refractivity contribution is -0.116. The number of para-hydroxylation sites is 1. The standard InChI is InChI=1S/C16H16FNO3/c1-20-13-6-4-5-12(11-13)18-16(19)9-10-21-15-8-3-2-7-14(15)17/h2-8,11H,9-10H2,1H3,(H,18,19). The van der Waals surface area contributed by atoms with Crippen molar-refractivity contribution < 1.29 is 18.7 Å². The number of carbonyl (C=O) groups is 1. The highest BCUT2D eigenvalue weighted by Crippen LogP contribution is 2.17. The van der Waals surface area contributed by atoms with Gasteiger partial charge in [0.25, 0.3) is 0 Å². The van der Waals surface area contributed by atoms with E-state index >= 15 is 0 Å². The second-order valence-corrected chi connectivity index (χ2v) is 4.31. The van der Waals surface area contributed by atoms with Crippen molar-refractivity contribution in [1.82, 2.24) is 0 Å². The first kappa shape index (κ1) is 14.8. The van der Waals surface area contributed by atoms with Crippen molar-refractivity contribution in [3.8, 4) is 11.5 Å². The summed E-state index contributed by atoms with van der Waals surface area (Å²) in [5.41, 5.74) is 0.644. The van der Waals surface area contributed by atoms with Gasteiger partial charge in [0.2, 0.25) is 5.91 Å². The van der Waals surface area contributed by atoms with Crippen LogP contribution in [0.25, 0.3) is 0 Å². The third kappa shape index (κ3) is 4.49. The molecule has 0 heterocycles. The number of anilines is 1. The van der Waals surface area contributed by atoms with E-state index in [1.165, 1.54) is 12.1 Å². The summed E-state index contributed by atoms with van der Waals surface area (Å²) in [6, 6.07) is 13.1. The van der Waals surface area contributed by atoms with Crippen molar-refractivity contribution >= 4 is 11.6 Å². The first-order valence-corrected chi connectivity index (χ1v) is 6.50. The molecule has 0 saturated heterocycles. The zero-order valence-corrected chi connectivity index (χ0v) is 11.6. The fourth-order valence-corrected chi connectivity index (χ4v) is 1.74. The molecule has 110 valence electrons. The summed E-state index contributed by atoms with van der Waals surface area (Å²) in [5.74, 6) is 0.160. The van der Waals surface area contributed by atoms with Crippen LogP contribution < -0.4 is 14.8 Å². The average molecular weight is 289 g/mol. The molecule has 0 radical (unpaired) electrons. The number of halogens is 1. The van der Waals surface area contributed by atoms with Crippen molar-refractivity contribution in [2.75, 3.05) is 19.0 Å². The first-order valence-electron chi connectivity index (χ1n) is 6.50. The maximum Gasteiger partial charge on any atom is 0.227 e. The van der Waals surface area contributed by atoms with Gasteiger partial charge in [-0.3, -0.25) is 4.79 Å². The molecule has 1 N–H and O–H groups in total. The van der Waals surface area contributed by atoms with Crippen LogP contribution in [0.15, 0.2) is 48.5 Å². The summed E-state index contributed by atoms with van der Waals surface area (Å²) in [4.78, 5) is 11.8. The maximum absolute atomic E-state index is 13.3. The van der Waals surface area contributed by atoms with Gasteiger partial charge in [-0.25, -0.2) is 4.39 Å². The van der Waals surface area contributed by atoms with Crippen LogP contribution in [0.2, 0.25) is 0 Å². The molecule has 0 saturated carbocycles. The SMILES string of the molecule is COc1cccc(NC(=O)CCOc2ccccc2F)c1. The van der Waals surface area contributed by atoms with Crippen LogP contribution in [0.1, 0.15) is 6.42 Å². The Bertz CT molecular complexity index is 616. The number of hydrogen-bond donors (Lipinski definition) is 1. The van der Waals surface area contributed by atoms with E-state index in [0.717, 1.165) is 0 Å². The molecule has 0 aliphatic carbocycles. The van der Waals surface area contributed by atoms with Crippen molar-refractivity contribution in [3.05, 3.63) is 54.3 Å². The van der Waals surface area contributed by atoms with Crippen molar-refractivity contribution in [1.29, 1.82) is 0 Å². The fraction of sp³-hybridized carbons (Fsp3) is 0.188. The lowest BCUT2D eigenvalue weighted by Gasteiger charge is -2.08. The number of carbonyl (C=O) groups excluding carboxylic acids is 1. The summed E-state index contributed by atoms with van der Waals surface area (Å²) in [7, 11) is 1.56. The van der Waals surface area contributed by atoms with Crippen molar-refractivity contribution in [2.24, 2.45) is 0 Å². The van der Waals surface area contributed by atoms with Crippen molar-refractivity contribution in [2.45, 2.75) is 6.42 Å². The van der Waals surface area contributed by atoms with Crippen LogP contribution >= 0.6 is 0 Å². The normalized spacial score (nSPS) is 10.0. The molecule has 0 aliphatic rings. The molecule has 2 aromatic rings. The zero-order valence-electron chi connectivity index (χ0n) is 11.6. The third-order valence-electron chi connectivity index (χ3n) is 2.78. The van der Waals surface area contributed by atoms with E-state index in [2.05, 4.69) is 5.32 Å². The molecule has 0 aromatic heterocycles. The number of benzene rings is 2. The summed E-state index contributed by atoms with van der Waals surface area (Å²) >= 11 is 0. The topological polar surface area (TPSA) is 47.6 Å². The Hall–Kier alpha value is -2.56. The molecule has 1 amide bonds. The molecule has 0 spiro atoms. The average Bonchev–Trinajstić information content (AvgIpc) is 2.49. The Balaban J connectivity index is 1.81. The van der Waals surface area contributed by atoms with E-state index in [0.29, 0.717) is 11.4 Å². The number of ether oxygens (including phenoxy) is 2. The van der Waals surface area contributed by atoms with Gasteiger partial charge >= 0.3 is 0 Å². The molecule has 5 heteroatoms. The molecule has 0 aliphatic heterocycles. The van der Waals surface area contributed by atoms with Crippen LogP contribution in [-0.2, 0) is 4.79 Å². The molecule has 0 unspecified atom stereocenters. The molecule has 0 fully saturated rings.